The molecular weight excluding hydrogens is 264 g/mol. The van der Waals surface area contributed by atoms with E-state index < -0.39 is 0 Å². The van der Waals surface area contributed by atoms with Crippen LogP contribution in [-0.2, 0) is 22.4 Å². The highest BCUT2D eigenvalue weighted by Gasteiger charge is 2.24. The number of carbonyl (C=O) groups excluding carboxylic acids is 2. The van der Waals surface area contributed by atoms with Crippen LogP contribution in [0.1, 0.15) is 36.8 Å². The van der Waals surface area contributed by atoms with Crippen molar-refractivity contribution in [2.75, 3.05) is 25.0 Å². The molecule has 2 aliphatic rings. The van der Waals surface area contributed by atoms with E-state index >= 15 is 0 Å². The Hall–Kier alpha value is -1.84. The van der Waals surface area contributed by atoms with Gasteiger partial charge in [0, 0.05) is 25.8 Å². The molecule has 0 saturated carbocycles. The summed E-state index contributed by atoms with van der Waals surface area (Å²) in [4.78, 5) is 27.8. The Labute approximate surface area is 125 Å². The fraction of sp³-hybridized carbons (Fsp3) is 0.529. The van der Waals surface area contributed by atoms with Crippen molar-refractivity contribution in [1.82, 2.24) is 4.90 Å². The summed E-state index contributed by atoms with van der Waals surface area (Å²) in [5.74, 6) is 0.343. The number of fused-ring (bicyclic) bond motifs is 1. The van der Waals surface area contributed by atoms with Crippen molar-refractivity contribution in [1.29, 1.82) is 0 Å². The third-order valence-electron chi connectivity index (χ3n) is 4.54. The third kappa shape index (κ3) is 2.94. The number of benzene rings is 1. The van der Waals surface area contributed by atoms with Crippen LogP contribution in [0, 0.1) is 0 Å². The van der Waals surface area contributed by atoms with Crippen molar-refractivity contribution >= 4 is 17.5 Å². The van der Waals surface area contributed by atoms with E-state index in [-0.39, 0.29) is 11.8 Å². The van der Waals surface area contributed by atoms with E-state index in [4.69, 9.17) is 0 Å². The lowest BCUT2D eigenvalue weighted by molar-refractivity contribution is -0.130. The summed E-state index contributed by atoms with van der Waals surface area (Å²) in [6.07, 6.45) is 5.61. The van der Waals surface area contributed by atoms with Crippen molar-refractivity contribution in [3.8, 4) is 0 Å². The molecule has 0 radical (unpaired) electrons. The summed E-state index contributed by atoms with van der Waals surface area (Å²) in [6.45, 7) is 1.79. The average Bonchev–Trinajstić information content (AvgIpc) is 2.68. The molecule has 0 aliphatic carbocycles. The number of anilines is 1. The van der Waals surface area contributed by atoms with Crippen LogP contribution in [0.4, 0.5) is 5.69 Å². The quantitative estimate of drug-likeness (QED) is 0.836. The second-order valence-electron chi connectivity index (χ2n) is 6.06. The number of likely N-dealkylation sites (tertiary alicyclic amines) is 1. The zero-order valence-corrected chi connectivity index (χ0v) is 12.6. The Morgan fingerprint density at radius 1 is 1.14 bits per heavy atom. The van der Waals surface area contributed by atoms with Crippen LogP contribution in [0.5, 0.6) is 0 Å². The molecule has 1 saturated heterocycles. The molecule has 4 heteroatoms. The first-order chi connectivity index (χ1) is 10.1. The predicted octanol–water partition coefficient (Wildman–Crippen LogP) is 2.15. The Kier molecular flexibility index (Phi) is 3.95. The van der Waals surface area contributed by atoms with Gasteiger partial charge in [0.05, 0.1) is 12.8 Å². The van der Waals surface area contributed by atoms with Gasteiger partial charge in [-0.05, 0) is 30.0 Å². The minimum absolute atomic E-state index is 0.126. The topological polar surface area (TPSA) is 40.6 Å². The number of rotatable bonds is 2. The molecule has 0 atom stereocenters. The Morgan fingerprint density at radius 2 is 1.86 bits per heavy atom. The highest BCUT2D eigenvalue weighted by molar-refractivity contribution is 6.01. The third-order valence-corrected chi connectivity index (χ3v) is 4.54. The van der Waals surface area contributed by atoms with Gasteiger partial charge in [0.1, 0.15) is 0 Å². The molecule has 1 aromatic rings. The van der Waals surface area contributed by atoms with Crippen molar-refractivity contribution in [2.45, 2.75) is 38.5 Å². The van der Waals surface area contributed by atoms with E-state index in [0.717, 1.165) is 42.7 Å². The van der Waals surface area contributed by atoms with Crippen LogP contribution in [-0.4, -0.2) is 36.9 Å². The highest BCUT2D eigenvalue weighted by Crippen LogP contribution is 2.28. The first kappa shape index (κ1) is 14.1. The first-order valence-corrected chi connectivity index (χ1v) is 7.81. The zero-order chi connectivity index (χ0) is 14.8. The van der Waals surface area contributed by atoms with Gasteiger partial charge >= 0.3 is 0 Å². The van der Waals surface area contributed by atoms with Crippen LogP contribution >= 0.6 is 0 Å². The lowest BCUT2D eigenvalue weighted by Crippen LogP contribution is -2.33. The van der Waals surface area contributed by atoms with Gasteiger partial charge in [0.15, 0.2) is 0 Å². The van der Waals surface area contributed by atoms with E-state index in [1.807, 2.05) is 23.1 Å². The Morgan fingerprint density at radius 3 is 2.57 bits per heavy atom. The average molecular weight is 286 g/mol. The van der Waals surface area contributed by atoms with Crippen molar-refractivity contribution < 1.29 is 9.59 Å². The standard InChI is InChI=1S/C17H22N2O2/c1-18-15-7-6-13(10-14(15)12-16(18)20)11-17(21)19-8-4-2-3-5-9-19/h6-7,10H,2-5,8-9,11-12H2,1H3. The van der Waals surface area contributed by atoms with E-state index in [9.17, 15) is 9.59 Å². The second kappa shape index (κ2) is 5.88. The molecule has 0 unspecified atom stereocenters. The second-order valence-corrected chi connectivity index (χ2v) is 6.06. The van der Waals surface area contributed by atoms with E-state index in [1.165, 1.54) is 12.8 Å². The van der Waals surface area contributed by atoms with Crippen LogP contribution in [0.15, 0.2) is 18.2 Å². The molecule has 0 N–H and O–H groups in total. The number of nitrogens with zero attached hydrogens (tertiary/aromatic N) is 2. The summed E-state index contributed by atoms with van der Waals surface area (Å²) in [7, 11) is 1.80. The maximum Gasteiger partial charge on any atom is 0.231 e. The van der Waals surface area contributed by atoms with Crippen LogP contribution < -0.4 is 4.90 Å². The van der Waals surface area contributed by atoms with Crippen molar-refractivity contribution in [3.05, 3.63) is 29.3 Å². The number of hydrogen-bond acceptors (Lipinski definition) is 2. The maximum atomic E-state index is 12.4. The normalized spacial score (nSPS) is 18.6. The smallest absolute Gasteiger partial charge is 0.231 e. The molecule has 3 rings (SSSR count). The summed E-state index contributed by atoms with van der Waals surface area (Å²) in [5.41, 5.74) is 3.04. The largest absolute Gasteiger partial charge is 0.342 e. The van der Waals surface area contributed by atoms with Gasteiger partial charge in [-0.15, -0.1) is 0 Å². The Balaban J connectivity index is 1.69. The molecule has 2 aliphatic heterocycles. The fourth-order valence-electron chi connectivity index (χ4n) is 3.24. The minimum atomic E-state index is 0.126. The monoisotopic (exact) mass is 286 g/mol. The number of amides is 2. The first-order valence-electron chi connectivity index (χ1n) is 7.81. The molecule has 21 heavy (non-hydrogen) atoms. The van der Waals surface area contributed by atoms with Gasteiger partial charge in [-0.3, -0.25) is 9.59 Å². The van der Waals surface area contributed by atoms with E-state index in [2.05, 4.69) is 0 Å². The fourth-order valence-corrected chi connectivity index (χ4v) is 3.24. The molecule has 112 valence electrons. The lowest BCUT2D eigenvalue weighted by Gasteiger charge is -2.20. The summed E-state index contributed by atoms with van der Waals surface area (Å²) < 4.78 is 0. The highest BCUT2D eigenvalue weighted by atomic mass is 16.2. The minimum Gasteiger partial charge on any atom is -0.342 e. The molecule has 1 aromatic carbocycles. The molecule has 0 bridgehead atoms. The van der Waals surface area contributed by atoms with Crippen molar-refractivity contribution in [3.63, 3.8) is 0 Å². The van der Waals surface area contributed by atoms with Gasteiger partial charge in [0.25, 0.3) is 0 Å². The van der Waals surface area contributed by atoms with Gasteiger partial charge in [-0.2, -0.15) is 0 Å². The number of likely N-dealkylation sites (N-methyl/N-ethyl adjacent to an activating group) is 1. The predicted molar refractivity (Wildman–Crippen MR) is 82.3 cm³/mol. The van der Waals surface area contributed by atoms with Crippen LogP contribution in [0.3, 0.4) is 0 Å². The number of carbonyl (C=O) groups is 2. The summed E-state index contributed by atoms with van der Waals surface area (Å²) in [6, 6.07) is 5.96. The molecule has 4 nitrogen and oxygen atoms in total. The zero-order valence-electron chi connectivity index (χ0n) is 12.6. The van der Waals surface area contributed by atoms with E-state index in [0.29, 0.717) is 12.8 Å². The molecule has 0 aromatic heterocycles. The van der Waals surface area contributed by atoms with Gasteiger partial charge < -0.3 is 9.80 Å². The van der Waals surface area contributed by atoms with Gasteiger partial charge in [-0.1, -0.05) is 25.0 Å². The molecular formula is C17H22N2O2. The summed E-state index contributed by atoms with van der Waals surface area (Å²) in [5, 5.41) is 0. The maximum absolute atomic E-state index is 12.4. The van der Waals surface area contributed by atoms with E-state index in [1.54, 1.807) is 11.9 Å². The number of hydrogen-bond donors (Lipinski definition) is 0. The van der Waals surface area contributed by atoms with Crippen molar-refractivity contribution in [2.24, 2.45) is 0 Å². The molecule has 0 spiro atoms. The molecule has 1 fully saturated rings. The van der Waals surface area contributed by atoms with Crippen LogP contribution in [0.2, 0.25) is 0 Å². The SMILES string of the molecule is CN1C(=O)Cc2cc(CC(=O)N3CCCCCC3)ccc21. The Bertz CT molecular complexity index is 560. The van der Waals surface area contributed by atoms with Gasteiger partial charge in [0.2, 0.25) is 11.8 Å². The molecule has 2 amide bonds. The molecule has 2 heterocycles. The summed E-state index contributed by atoms with van der Waals surface area (Å²) >= 11 is 0. The lowest BCUT2D eigenvalue weighted by atomic mass is 10.1. The van der Waals surface area contributed by atoms with Gasteiger partial charge in [-0.25, -0.2) is 0 Å². The van der Waals surface area contributed by atoms with Crippen LogP contribution in [0.25, 0.3) is 0 Å².